The van der Waals surface area contributed by atoms with Crippen molar-refractivity contribution >= 4 is 28.5 Å². The highest BCUT2D eigenvalue weighted by atomic mass is 35.5. The van der Waals surface area contributed by atoms with Crippen molar-refractivity contribution in [1.82, 2.24) is 5.32 Å². The van der Waals surface area contributed by atoms with E-state index in [1.54, 1.807) is 13.0 Å². The fourth-order valence-corrected chi connectivity index (χ4v) is 3.44. The van der Waals surface area contributed by atoms with Crippen molar-refractivity contribution < 1.29 is 23.4 Å². The van der Waals surface area contributed by atoms with Gasteiger partial charge < -0.3 is 23.9 Å². The van der Waals surface area contributed by atoms with Crippen LogP contribution in [-0.2, 0) is 11.2 Å². The van der Waals surface area contributed by atoms with Gasteiger partial charge in [-0.3, -0.25) is 4.79 Å². The second-order valence-corrected chi connectivity index (χ2v) is 7.47. The molecular weight excluding hydrogens is 434 g/mol. The zero-order chi connectivity index (χ0) is 23.1. The minimum atomic E-state index is -0.456. The lowest BCUT2D eigenvalue weighted by Crippen LogP contribution is -2.30. The number of benzene rings is 2. The highest BCUT2D eigenvalue weighted by Crippen LogP contribution is 2.31. The molecule has 0 atom stereocenters. The van der Waals surface area contributed by atoms with Crippen LogP contribution in [0.4, 0.5) is 0 Å². The molecule has 0 saturated heterocycles. The summed E-state index contributed by atoms with van der Waals surface area (Å²) in [7, 11) is 0. The third-order valence-corrected chi connectivity index (χ3v) is 5.00. The molecule has 0 aliphatic heterocycles. The van der Waals surface area contributed by atoms with Crippen LogP contribution < -0.4 is 25.2 Å². The van der Waals surface area contributed by atoms with Gasteiger partial charge in [0.1, 0.15) is 11.3 Å². The Bertz CT molecular complexity index is 1160. The molecule has 3 aromatic rings. The molecule has 1 N–H and O–H groups in total. The second-order valence-electron chi connectivity index (χ2n) is 7.06. The first-order valence-corrected chi connectivity index (χ1v) is 10.8. The van der Waals surface area contributed by atoms with E-state index in [4.69, 9.17) is 30.2 Å². The quantitative estimate of drug-likeness (QED) is 0.455. The maximum atomic E-state index is 12.2. The average Bonchev–Trinajstić information content (AvgIpc) is 2.75. The fourth-order valence-electron chi connectivity index (χ4n) is 3.22. The van der Waals surface area contributed by atoms with Crippen LogP contribution in [0, 0.1) is 6.92 Å². The summed E-state index contributed by atoms with van der Waals surface area (Å²) in [6.45, 7) is 6.95. The molecule has 0 radical (unpaired) electrons. The number of nitrogens with one attached hydrogen (secondary N) is 1. The van der Waals surface area contributed by atoms with E-state index in [0.717, 1.165) is 11.1 Å². The summed E-state index contributed by atoms with van der Waals surface area (Å²) in [4.78, 5) is 23.8. The van der Waals surface area contributed by atoms with E-state index in [9.17, 15) is 9.59 Å². The van der Waals surface area contributed by atoms with Gasteiger partial charge in [-0.05, 0) is 56.5 Å². The number of rotatable bonds is 10. The standard InChI is InChI=1S/C24H26ClNO6/c1-4-29-19-7-6-16(11-22(19)30-5-2)8-9-26-23(27)14-31-21-13-20-17(12-18(21)25)15(3)10-24(28)32-20/h6-7,10-13H,4-5,8-9,14H2,1-3H3,(H,26,27). The molecule has 170 valence electrons. The SMILES string of the molecule is CCOc1ccc(CCNC(=O)COc2cc3oc(=O)cc(C)c3cc2Cl)cc1OCC. The maximum absolute atomic E-state index is 12.2. The van der Waals surface area contributed by atoms with Crippen molar-refractivity contribution in [3.63, 3.8) is 0 Å². The van der Waals surface area contributed by atoms with Crippen molar-refractivity contribution in [3.05, 3.63) is 63.0 Å². The zero-order valence-corrected chi connectivity index (χ0v) is 19.1. The van der Waals surface area contributed by atoms with Crippen LogP contribution in [0.25, 0.3) is 11.0 Å². The number of hydrogen-bond donors (Lipinski definition) is 1. The molecule has 0 fully saturated rings. The lowest BCUT2D eigenvalue weighted by Gasteiger charge is -2.13. The van der Waals surface area contributed by atoms with Crippen LogP contribution in [0.3, 0.4) is 0 Å². The summed E-state index contributed by atoms with van der Waals surface area (Å²) in [5.74, 6) is 1.38. The third-order valence-electron chi connectivity index (χ3n) is 4.71. The number of amides is 1. The Balaban J connectivity index is 1.55. The Morgan fingerprint density at radius 3 is 2.50 bits per heavy atom. The third kappa shape index (κ3) is 5.95. The molecule has 1 amide bonds. The molecule has 1 aromatic heterocycles. The number of fused-ring (bicyclic) bond motifs is 1. The van der Waals surface area contributed by atoms with Crippen molar-refractivity contribution in [2.75, 3.05) is 26.4 Å². The normalized spacial score (nSPS) is 10.8. The summed E-state index contributed by atoms with van der Waals surface area (Å²) >= 11 is 6.26. The van der Waals surface area contributed by atoms with Gasteiger partial charge in [0.25, 0.3) is 5.91 Å². The van der Waals surface area contributed by atoms with Crippen LogP contribution in [0.15, 0.2) is 45.6 Å². The smallest absolute Gasteiger partial charge is 0.336 e. The molecule has 0 aliphatic rings. The summed E-state index contributed by atoms with van der Waals surface area (Å²) in [5, 5.41) is 3.86. The first-order chi connectivity index (χ1) is 15.4. The minimum absolute atomic E-state index is 0.214. The Morgan fingerprint density at radius 1 is 1.00 bits per heavy atom. The van der Waals surface area contributed by atoms with Gasteiger partial charge in [0.05, 0.1) is 18.2 Å². The van der Waals surface area contributed by atoms with Gasteiger partial charge in [0.15, 0.2) is 18.1 Å². The van der Waals surface area contributed by atoms with Gasteiger partial charge in [-0.25, -0.2) is 4.79 Å². The highest BCUT2D eigenvalue weighted by molar-refractivity contribution is 6.32. The number of hydrogen-bond acceptors (Lipinski definition) is 6. The first-order valence-electron chi connectivity index (χ1n) is 10.4. The summed E-state index contributed by atoms with van der Waals surface area (Å²) < 4.78 is 21.9. The predicted octanol–water partition coefficient (Wildman–Crippen LogP) is 4.29. The zero-order valence-electron chi connectivity index (χ0n) is 18.3. The molecule has 1 heterocycles. The minimum Gasteiger partial charge on any atom is -0.490 e. The monoisotopic (exact) mass is 459 g/mol. The van der Waals surface area contributed by atoms with Crippen LogP contribution >= 0.6 is 11.6 Å². The van der Waals surface area contributed by atoms with E-state index in [1.807, 2.05) is 32.0 Å². The first kappa shape index (κ1) is 23.5. The van der Waals surface area contributed by atoms with Crippen LogP contribution in [-0.4, -0.2) is 32.3 Å². The Morgan fingerprint density at radius 2 is 1.75 bits per heavy atom. The number of ether oxygens (including phenoxy) is 3. The number of carbonyl (C=O) groups is 1. The van der Waals surface area contributed by atoms with E-state index in [-0.39, 0.29) is 18.3 Å². The Kier molecular flexibility index (Phi) is 8.00. The van der Waals surface area contributed by atoms with E-state index in [1.165, 1.54) is 12.1 Å². The summed E-state index contributed by atoms with van der Waals surface area (Å²) in [5.41, 5.74) is 1.67. The van der Waals surface area contributed by atoms with Crippen molar-refractivity contribution in [2.45, 2.75) is 27.2 Å². The molecule has 0 bridgehead atoms. The van der Waals surface area contributed by atoms with Crippen LogP contribution in [0.2, 0.25) is 5.02 Å². The molecule has 3 rings (SSSR count). The lowest BCUT2D eigenvalue weighted by atomic mass is 10.1. The fraction of sp³-hybridized carbons (Fsp3) is 0.333. The van der Waals surface area contributed by atoms with Gasteiger partial charge in [-0.2, -0.15) is 0 Å². The molecule has 0 unspecified atom stereocenters. The van der Waals surface area contributed by atoms with E-state index in [0.29, 0.717) is 53.7 Å². The molecule has 32 heavy (non-hydrogen) atoms. The number of carbonyl (C=O) groups excluding carboxylic acids is 1. The Hall–Kier alpha value is -3.19. The highest BCUT2D eigenvalue weighted by Gasteiger charge is 2.11. The molecule has 7 nitrogen and oxygen atoms in total. The summed E-state index contributed by atoms with van der Waals surface area (Å²) in [6, 6.07) is 10.3. The molecule has 2 aromatic carbocycles. The second kappa shape index (κ2) is 10.9. The largest absolute Gasteiger partial charge is 0.490 e. The molecule has 8 heteroatoms. The average molecular weight is 460 g/mol. The lowest BCUT2D eigenvalue weighted by molar-refractivity contribution is -0.123. The van der Waals surface area contributed by atoms with Crippen molar-refractivity contribution in [1.29, 1.82) is 0 Å². The van der Waals surface area contributed by atoms with E-state index < -0.39 is 5.63 Å². The van der Waals surface area contributed by atoms with Gasteiger partial charge in [0.2, 0.25) is 0 Å². The molecule has 0 aliphatic carbocycles. The van der Waals surface area contributed by atoms with Crippen LogP contribution in [0.5, 0.6) is 17.2 Å². The van der Waals surface area contributed by atoms with E-state index >= 15 is 0 Å². The maximum Gasteiger partial charge on any atom is 0.336 e. The summed E-state index contributed by atoms with van der Waals surface area (Å²) in [6.07, 6.45) is 0.624. The van der Waals surface area contributed by atoms with Gasteiger partial charge in [-0.15, -0.1) is 0 Å². The van der Waals surface area contributed by atoms with Crippen molar-refractivity contribution in [2.24, 2.45) is 0 Å². The Labute approximate surface area is 191 Å². The van der Waals surface area contributed by atoms with Gasteiger partial charge in [0, 0.05) is 24.1 Å². The topological polar surface area (TPSA) is 87.0 Å². The van der Waals surface area contributed by atoms with Crippen LogP contribution in [0.1, 0.15) is 25.0 Å². The van der Waals surface area contributed by atoms with Gasteiger partial charge in [-0.1, -0.05) is 17.7 Å². The molecule has 0 spiro atoms. The number of halogens is 1. The van der Waals surface area contributed by atoms with Crippen molar-refractivity contribution in [3.8, 4) is 17.2 Å². The molecule has 0 saturated carbocycles. The van der Waals surface area contributed by atoms with E-state index in [2.05, 4.69) is 5.32 Å². The molecular formula is C24H26ClNO6. The predicted molar refractivity (Wildman–Crippen MR) is 123 cm³/mol. The number of aryl methyl sites for hydroxylation is 1. The van der Waals surface area contributed by atoms with Gasteiger partial charge >= 0.3 is 5.63 Å².